The fourth-order valence-corrected chi connectivity index (χ4v) is 1.18. The summed E-state index contributed by atoms with van der Waals surface area (Å²) in [6.45, 7) is 2.29. The Bertz CT molecular complexity index is 344. The van der Waals surface area contributed by atoms with Gasteiger partial charge in [0.05, 0.1) is 13.7 Å². The van der Waals surface area contributed by atoms with Crippen molar-refractivity contribution in [2.24, 2.45) is 0 Å². The van der Waals surface area contributed by atoms with Gasteiger partial charge in [-0.15, -0.1) is 0 Å². The highest BCUT2D eigenvalue weighted by molar-refractivity contribution is 5.90. The lowest BCUT2D eigenvalue weighted by Crippen LogP contribution is -2.29. The van der Waals surface area contributed by atoms with Gasteiger partial charge >= 0.3 is 5.97 Å². The standard InChI is InChI=1S/C10H16N2O3/c1-7-9(10(13)14-4)5-8(15-7)6-11-12(2)3/h5,11H,6H2,1-4H3. The summed E-state index contributed by atoms with van der Waals surface area (Å²) in [5.74, 6) is 0.923. The van der Waals surface area contributed by atoms with Crippen LogP contribution in [0.25, 0.3) is 0 Å². The molecule has 5 nitrogen and oxygen atoms in total. The summed E-state index contributed by atoms with van der Waals surface area (Å²) >= 11 is 0. The van der Waals surface area contributed by atoms with Crippen LogP contribution in [-0.4, -0.2) is 32.2 Å². The summed E-state index contributed by atoms with van der Waals surface area (Å²) in [4.78, 5) is 11.3. The van der Waals surface area contributed by atoms with Crippen LogP contribution in [-0.2, 0) is 11.3 Å². The molecule has 0 bridgehead atoms. The normalized spacial score (nSPS) is 10.7. The van der Waals surface area contributed by atoms with Gasteiger partial charge in [-0.3, -0.25) is 5.01 Å². The molecule has 84 valence electrons. The lowest BCUT2D eigenvalue weighted by molar-refractivity contribution is 0.0599. The smallest absolute Gasteiger partial charge is 0.341 e. The molecule has 1 N–H and O–H groups in total. The molecule has 1 aromatic rings. The molecule has 1 rings (SSSR count). The van der Waals surface area contributed by atoms with Crippen LogP contribution in [0.15, 0.2) is 10.5 Å². The maximum absolute atomic E-state index is 11.3. The van der Waals surface area contributed by atoms with Crippen molar-refractivity contribution in [3.8, 4) is 0 Å². The van der Waals surface area contributed by atoms with E-state index in [0.717, 1.165) is 0 Å². The topological polar surface area (TPSA) is 54.7 Å². The number of rotatable bonds is 4. The van der Waals surface area contributed by atoms with Crippen LogP contribution in [0, 0.1) is 6.92 Å². The summed E-state index contributed by atoms with van der Waals surface area (Å²) in [5, 5.41) is 1.82. The van der Waals surface area contributed by atoms with Gasteiger partial charge in [0.15, 0.2) is 0 Å². The molecule has 0 aliphatic heterocycles. The number of furan rings is 1. The minimum absolute atomic E-state index is 0.368. The first kappa shape index (κ1) is 11.7. The van der Waals surface area contributed by atoms with Crippen LogP contribution >= 0.6 is 0 Å². The number of aryl methyl sites for hydroxylation is 1. The Kier molecular flexibility index (Phi) is 3.88. The van der Waals surface area contributed by atoms with E-state index < -0.39 is 0 Å². The molecular formula is C10H16N2O3. The Morgan fingerprint density at radius 2 is 2.27 bits per heavy atom. The molecule has 0 spiro atoms. The Morgan fingerprint density at radius 1 is 1.60 bits per heavy atom. The number of hydrazine groups is 1. The molecule has 15 heavy (non-hydrogen) atoms. The van der Waals surface area contributed by atoms with Crippen molar-refractivity contribution in [2.45, 2.75) is 13.5 Å². The van der Waals surface area contributed by atoms with Crippen LogP contribution in [0.5, 0.6) is 0 Å². The second kappa shape index (κ2) is 4.95. The van der Waals surface area contributed by atoms with Crippen molar-refractivity contribution < 1.29 is 13.9 Å². The van der Waals surface area contributed by atoms with Gasteiger partial charge in [0.2, 0.25) is 0 Å². The summed E-state index contributed by atoms with van der Waals surface area (Å²) in [7, 11) is 5.13. The average Bonchev–Trinajstić information content (AvgIpc) is 2.55. The number of methoxy groups -OCH3 is 1. The lowest BCUT2D eigenvalue weighted by Gasteiger charge is -2.09. The molecule has 1 aromatic heterocycles. The van der Waals surface area contributed by atoms with E-state index in [1.54, 1.807) is 13.0 Å². The van der Waals surface area contributed by atoms with Gasteiger partial charge in [-0.2, -0.15) is 0 Å². The SMILES string of the molecule is COC(=O)c1cc(CNN(C)C)oc1C. The molecule has 0 unspecified atom stereocenters. The first-order valence-corrected chi connectivity index (χ1v) is 4.63. The van der Waals surface area contributed by atoms with E-state index in [0.29, 0.717) is 23.6 Å². The maximum atomic E-state index is 11.3. The number of carbonyl (C=O) groups is 1. The average molecular weight is 212 g/mol. The molecule has 5 heteroatoms. The van der Waals surface area contributed by atoms with Crippen molar-refractivity contribution in [2.75, 3.05) is 21.2 Å². The summed E-state index contributed by atoms with van der Waals surface area (Å²) in [6.07, 6.45) is 0. The summed E-state index contributed by atoms with van der Waals surface area (Å²) < 4.78 is 10.0. The van der Waals surface area contributed by atoms with Gasteiger partial charge in [-0.1, -0.05) is 0 Å². The third kappa shape index (κ3) is 3.07. The molecule has 0 radical (unpaired) electrons. The lowest BCUT2D eigenvalue weighted by atomic mass is 10.2. The number of ether oxygens (including phenoxy) is 1. The Morgan fingerprint density at radius 3 is 2.80 bits per heavy atom. The number of nitrogens with one attached hydrogen (secondary N) is 1. The van der Waals surface area contributed by atoms with Crippen LogP contribution in [0.1, 0.15) is 21.9 Å². The number of hydrogen-bond acceptors (Lipinski definition) is 5. The summed E-state index contributed by atoms with van der Waals surface area (Å²) in [6, 6.07) is 1.69. The van der Waals surface area contributed by atoms with E-state index in [2.05, 4.69) is 10.2 Å². The monoisotopic (exact) mass is 212 g/mol. The molecule has 0 saturated heterocycles. The first-order valence-electron chi connectivity index (χ1n) is 4.63. The zero-order valence-corrected chi connectivity index (χ0v) is 9.46. The number of nitrogens with zero attached hydrogens (tertiary/aromatic N) is 1. The van der Waals surface area contributed by atoms with Gasteiger partial charge in [-0.25, -0.2) is 10.2 Å². The quantitative estimate of drug-likeness (QED) is 0.594. The van der Waals surface area contributed by atoms with Crippen LogP contribution in [0.2, 0.25) is 0 Å². The van der Waals surface area contributed by atoms with Crippen LogP contribution in [0.3, 0.4) is 0 Å². The second-order valence-electron chi connectivity index (χ2n) is 3.40. The molecule has 0 aliphatic rings. The van der Waals surface area contributed by atoms with E-state index in [9.17, 15) is 4.79 Å². The zero-order chi connectivity index (χ0) is 11.4. The highest BCUT2D eigenvalue weighted by atomic mass is 16.5. The first-order chi connectivity index (χ1) is 7.04. The fraction of sp³-hybridized carbons (Fsp3) is 0.500. The van der Waals surface area contributed by atoms with Gasteiger partial charge in [0.1, 0.15) is 17.1 Å². The number of hydrogen-bond donors (Lipinski definition) is 1. The fourth-order valence-electron chi connectivity index (χ4n) is 1.18. The van der Waals surface area contributed by atoms with Crippen molar-refractivity contribution in [1.82, 2.24) is 10.4 Å². The predicted molar refractivity (Wildman–Crippen MR) is 55.3 cm³/mol. The zero-order valence-electron chi connectivity index (χ0n) is 9.46. The number of esters is 1. The van der Waals surface area contributed by atoms with Gasteiger partial charge < -0.3 is 9.15 Å². The van der Waals surface area contributed by atoms with E-state index in [-0.39, 0.29) is 5.97 Å². The number of carbonyl (C=O) groups excluding carboxylic acids is 1. The van der Waals surface area contributed by atoms with Gasteiger partial charge in [0.25, 0.3) is 0 Å². The van der Waals surface area contributed by atoms with Crippen molar-refractivity contribution in [3.63, 3.8) is 0 Å². The maximum Gasteiger partial charge on any atom is 0.341 e. The summed E-state index contributed by atoms with van der Waals surface area (Å²) in [5.41, 5.74) is 3.53. The Balaban J connectivity index is 2.72. The Labute approximate surface area is 89.0 Å². The van der Waals surface area contributed by atoms with E-state index in [1.165, 1.54) is 7.11 Å². The molecule has 0 aliphatic carbocycles. The van der Waals surface area contributed by atoms with Gasteiger partial charge in [-0.05, 0) is 13.0 Å². The largest absolute Gasteiger partial charge is 0.465 e. The Hall–Kier alpha value is -1.33. The van der Waals surface area contributed by atoms with Crippen molar-refractivity contribution >= 4 is 5.97 Å². The minimum Gasteiger partial charge on any atom is -0.465 e. The molecule has 0 saturated carbocycles. The third-order valence-corrected chi connectivity index (χ3v) is 1.94. The van der Waals surface area contributed by atoms with Crippen molar-refractivity contribution in [1.29, 1.82) is 0 Å². The second-order valence-corrected chi connectivity index (χ2v) is 3.40. The van der Waals surface area contributed by atoms with Crippen LogP contribution in [0.4, 0.5) is 0 Å². The van der Waals surface area contributed by atoms with Crippen LogP contribution < -0.4 is 5.43 Å². The molecule has 0 atom stereocenters. The van der Waals surface area contributed by atoms with E-state index in [4.69, 9.17) is 4.42 Å². The van der Waals surface area contributed by atoms with E-state index >= 15 is 0 Å². The van der Waals surface area contributed by atoms with E-state index in [1.807, 2.05) is 19.1 Å². The van der Waals surface area contributed by atoms with Gasteiger partial charge in [0, 0.05) is 14.1 Å². The molecule has 0 fully saturated rings. The molecule has 0 aromatic carbocycles. The third-order valence-electron chi connectivity index (χ3n) is 1.94. The minimum atomic E-state index is -0.368. The molecular weight excluding hydrogens is 196 g/mol. The highest BCUT2D eigenvalue weighted by Crippen LogP contribution is 2.15. The molecule has 1 heterocycles. The van der Waals surface area contributed by atoms with Crippen molar-refractivity contribution in [3.05, 3.63) is 23.2 Å². The highest BCUT2D eigenvalue weighted by Gasteiger charge is 2.14. The molecule has 0 amide bonds. The predicted octanol–water partition coefficient (Wildman–Crippen LogP) is 0.941.